The number of ether oxygens (including phenoxy) is 1. The largest absolute Gasteiger partial charge is 0.481 e. The van der Waals surface area contributed by atoms with Crippen molar-refractivity contribution in [3.63, 3.8) is 0 Å². The first-order valence-electron chi connectivity index (χ1n) is 6.60. The van der Waals surface area contributed by atoms with E-state index in [4.69, 9.17) is 9.84 Å². The number of alkyl halides is 3. The molecule has 0 aliphatic carbocycles. The number of carbonyl (C=O) groups excluding carboxylic acids is 1. The van der Waals surface area contributed by atoms with E-state index in [1.165, 1.54) is 11.8 Å². The maximum Gasteiger partial charge on any atom is 0.391 e. The molecule has 9 heteroatoms. The smallest absolute Gasteiger partial charge is 0.391 e. The van der Waals surface area contributed by atoms with Crippen LogP contribution in [0.1, 0.15) is 20.3 Å². The van der Waals surface area contributed by atoms with Crippen LogP contribution in [0.5, 0.6) is 0 Å². The Morgan fingerprint density at radius 1 is 1.43 bits per heavy atom. The fourth-order valence-corrected chi connectivity index (χ4v) is 2.31. The maximum absolute atomic E-state index is 12.2. The Bertz CT molecular complexity index is 389. The molecule has 0 aromatic rings. The van der Waals surface area contributed by atoms with Crippen molar-refractivity contribution in [3.05, 3.63) is 0 Å². The summed E-state index contributed by atoms with van der Waals surface area (Å²) in [6.45, 7) is 3.11. The van der Waals surface area contributed by atoms with Gasteiger partial charge in [0.2, 0.25) is 0 Å². The Labute approximate surface area is 120 Å². The molecule has 2 amide bonds. The predicted molar refractivity (Wildman–Crippen MR) is 66.8 cm³/mol. The molecule has 2 N–H and O–H groups in total. The van der Waals surface area contributed by atoms with E-state index >= 15 is 0 Å². The number of halogens is 3. The second-order valence-corrected chi connectivity index (χ2v) is 5.01. The molecule has 0 aromatic carbocycles. The van der Waals surface area contributed by atoms with Crippen molar-refractivity contribution in [2.45, 2.75) is 38.5 Å². The van der Waals surface area contributed by atoms with Gasteiger partial charge in [0.15, 0.2) is 0 Å². The van der Waals surface area contributed by atoms with Crippen molar-refractivity contribution in [2.24, 2.45) is 5.92 Å². The Morgan fingerprint density at radius 2 is 2.05 bits per heavy atom. The number of carboxylic acid groups (broad SMARTS) is 1. The molecule has 0 radical (unpaired) electrons. The van der Waals surface area contributed by atoms with Crippen LogP contribution < -0.4 is 5.32 Å². The van der Waals surface area contributed by atoms with Crippen LogP contribution in [0.3, 0.4) is 0 Å². The predicted octanol–water partition coefficient (Wildman–Crippen LogP) is 1.46. The first-order chi connectivity index (χ1) is 9.65. The van der Waals surface area contributed by atoms with Crippen molar-refractivity contribution in [2.75, 3.05) is 19.8 Å². The van der Waals surface area contributed by atoms with Gasteiger partial charge in [-0.05, 0) is 13.8 Å². The Kier molecular flexibility index (Phi) is 5.82. The lowest BCUT2D eigenvalue weighted by Gasteiger charge is -2.30. The summed E-state index contributed by atoms with van der Waals surface area (Å²) < 4.78 is 41.8. The van der Waals surface area contributed by atoms with Gasteiger partial charge in [0.25, 0.3) is 0 Å². The fraction of sp³-hybridized carbons (Fsp3) is 0.833. The first-order valence-corrected chi connectivity index (χ1v) is 6.60. The third-order valence-electron chi connectivity index (χ3n) is 3.28. The van der Waals surface area contributed by atoms with E-state index < -0.39 is 42.6 Å². The van der Waals surface area contributed by atoms with Gasteiger partial charge in [-0.3, -0.25) is 4.79 Å². The van der Waals surface area contributed by atoms with Crippen LogP contribution in [0, 0.1) is 5.92 Å². The number of carbonyl (C=O) groups is 2. The topological polar surface area (TPSA) is 78.9 Å². The lowest BCUT2D eigenvalue weighted by Crippen LogP contribution is -2.52. The average molecular weight is 312 g/mol. The molecule has 0 aromatic heterocycles. The number of aliphatic carboxylic acids is 1. The van der Waals surface area contributed by atoms with Crippen molar-refractivity contribution < 1.29 is 32.6 Å². The number of hydrogen-bond acceptors (Lipinski definition) is 3. The highest BCUT2D eigenvalue weighted by Crippen LogP contribution is 2.23. The SMILES string of the molecule is CCN(C(=O)NC(C)CC(F)(F)F)C1COCC1C(=O)O. The molecule has 1 fully saturated rings. The minimum Gasteiger partial charge on any atom is -0.481 e. The summed E-state index contributed by atoms with van der Waals surface area (Å²) in [5, 5.41) is 11.3. The van der Waals surface area contributed by atoms with E-state index in [1.807, 2.05) is 0 Å². The summed E-state index contributed by atoms with van der Waals surface area (Å²) in [6, 6.07) is -2.47. The molecule has 0 saturated carbocycles. The quantitative estimate of drug-likeness (QED) is 0.805. The molecule has 6 nitrogen and oxygen atoms in total. The van der Waals surface area contributed by atoms with Gasteiger partial charge < -0.3 is 20.1 Å². The van der Waals surface area contributed by atoms with E-state index in [0.29, 0.717) is 0 Å². The molecule has 1 aliphatic rings. The van der Waals surface area contributed by atoms with E-state index in [1.54, 1.807) is 6.92 Å². The standard InChI is InChI=1S/C12H19F3N2O4/c1-3-17(9-6-21-5-8(9)10(18)19)11(20)16-7(2)4-12(13,14)15/h7-9H,3-6H2,1-2H3,(H,16,20)(H,18,19). The minimum atomic E-state index is -4.37. The van der Waals surface area contributed by atoms with E-state index in [9.17, 15) is 22.8 Å². The monoisotopic (exact) mass is 312 g/mol. The number of nitrogens with zero attached hydrogens (tertiary/aromatic N) is 1. The molecular formula is C12H19F3N2O4. The van der Waals surface area contributed by atoms with Crippen LogP contribution in [0.2, 0.25) is 0 Å². The van der Waals surface area contributed by atoms with Gasteiger partial charge in [-0.2, -0.15) is 13.2 Å². The van der Waals surface area contributed by atoms with Crippen LogP contribution >= 0.6 is 0 Å². The third-order valence-corrected chi connectivity index (χ3v) is 3.28. The molecule has 3 unspecified atom stereocenters. The number of amides is 2. The van der Waals surface area contributed by atoms with E-state index in [-0.39, 0.29) is 19.8 Å². The first kappa shape index (κ1) is 17.5. The Hall–Kier alpha value is -1.51. The minimum absolute atomic E-state index is 0.0120. The number of urea groups is 1. The summed E-state index contributed by atoms with van der Waals surface area (Å²) in [4.78, 5) is 24.3. The number of rotatable bonds is 5. The van der Waals surface area contributed by atoms with Gasteiger partial charge >= 0.3 is 18.2 Å². The highest BCUT2D eigenvalue weighted by Gasteiger charge is 2.40. The van der Waals surface area contributed by atoms with Crippen LogP contribution in [0.15, 0.2) is 0 Å². The molecule has 1 rings (SSSR count). The zero-order valence-electron chi connectivity index (χ0n) is 11.8. The van der Waals surface area contributed by atoms with Crippen LogP contribution in [-0.4, -0.2) is 60.0 Å². The van der Waals surface area contributed by atoms with Gasteiger partial charge in [0, 0.05) is 12.6 Å². The van der Waals surface area contributed by atoms with Crippen molar-refractivity contribution >= 4 is 12.0 Å². The van der Waals surface area contributed by atoms with Gasteiger partial charge in [-0.15, -0.1) is 0 Å². The van der Waals surface area contributed by atoms with E-state index in [0.717, 1.165) is 0 Å². The molecular weight excluding hydrogens is 293 g/mol. The molecule has 1 saturated heterocycles. The second kappa shape index (κ2) is 6.97. The highest BCUT2D eigenvalue weighted by atomic mass is 19.4. The third kappa shape index (κ3) is 5.07. The molecule has 21 heavy (non-hydrogen) atoms. The van der Waals surface area contributed by atoms with Crippen LogP contribution in [0.4, 0.5) is 18.0 Å². The average Bonchev–Trinajstić information content (AvgIpc) is 2.76. The molecule has 1 heterocycles. The van der Waals surface area contributed by atoms with Gasteiger partial charge in [0.1, 0.15) is 5.92 Å². The highest BCUT2D eigenvalue weighted by molar-refractivity contribution is 5.77. The zero-order chi connectivity index (χ0) is 16.2. The molecule has 3 atom stereocenters. The van der Waals surface area contributed by atoms with Gasteiger partial charge in [-0.25, -0.2) is 4.79 Å². The molecule has 0 spiro atoms. The summed E-state index contributed by atoms with van der Waals surface area (Å²) in [5.41, 5.74) is 0. The van der Waals surface area contributed by atoms with Crippen LogP contribution in [-0.2, 0) is 9.53 Å². The molecule has 1 aliphatic heterocycles. The fourth-order valence-electron chi connectivity index (χ4n) is 2.31. The number of carboxylic acids is 1. The Balaban J connectivity index is 2.67. The van der Waals surface area contributed by atoms with Crippen molar-refractivity contribution in [3.8, 4) is 0 Å². The number of likely N-dealkylation sites (N-methyl/N-ethyl adjacent to an activating group) is 1. The molecule has 0 bridgehead atoms. The van der Waals surface area contributed by atoms with Gasteiger partial charge in [0.05, 0.1) is 25.7 Å². The maximum atomic E-state index is 12.2. The van der Waals surface area contributed by atoms with E-state index in [2.05, 4.69) is 5.32 Å². The molecule has 122 valence electrons. The summed E-state index contributed by atoms with van der Waals surface area (Å²) in [5.74, 6) is -1.96. The lowest BCUT2D eigenvalue weighted by molar-refractivity contribution is -0.142. The second-order valence-electron chi connectivity index (χ2n) is 5.01. The van der Waals surface area contributed by atoms with Crippen molar-refractivity contribution in [1.82, 2.24) is 10.2 Å². The summed E-state index contributed by atoms with van der Waals surface area (Å²) in [7, 11) is 0. The normalized spacial score (nSPS) is 23.7. The number of nitrogens with one attached hydrogen (secondary N) is 1. The Morgan fingerprint density at radius 3 is 2.52 bits per heavy atom. The van der Waals surface area contributed by atoms with Crippen molar-refractivity contribution in [1.29, 1.82) is 0 Å². The lowest BCUT2D eigenvalue weighted by atomic mass is 10.0. The van der Waals surface area contributed by atoms with Gasteiger partial charge in [-0.1, -0.05) is 0 Å². The zero-order valence-corrected chi connectivity index (χ0v) is 11.8. The summed E-state index contributed by atoms with van der Waals surface area (Å²) in [6.07, 6.45) is -5.51. The van der Waals surface area contributed by atoms with Crippen LogP contribution in [0.25, 0.3) is 0 Å². The summed E-state index contributed by atoms with van der Waals surface area (Å²) >= 11 is 0. The number of hydrogen-bond donors (Lipinski definition) is 2.